The number of hydrogen-bond acceptors (Lipinski definition) is 5. The fourth-order valence-corrected chi connectivity index (χ4v) is 1.09. The molecule has 0 aliphatic heterocycles. The van der Waals surface area contributed by atoms with Gasteiger partial charge in [0.25, 0.3) is 0 Å². The molecule has 0 N–H and O–H groups in total. The van der Waals surface area contributed by atoms with E-state index in [2.05, 4.69) is 10.1 Å². The van der Waals surface area contributed by atoms with Gasteiger partial charge in [-0.05, 0) is 23.7 Å². The topological polar surface area (TPSA) is 69.1 Å². The van der Waals surface area contributed by atoms with E-state index in [1.165, 1.54) is 0 Å². The van der Waals surface area contributed by atoms with Crippen LogP contribution in [0, 0.1) is 0 Å². The Bertz CT molecular complexity index is 449. The van der Waals surface area contributed by atoms with E-state index >= 15 is 0 Å². The van der Waals surface area contributed by atoms with Gasteiger partial charge >= 0.3 is 0 Å². The highest BCUT2D eigenvalue weighted by Gasteiger charge is 2.11. The van der Waals surface area contributed by atoms with Crippen molar-refractivity contribution in [1.29, 1.82) is 0 Å². The molecule has 0 saturated heterocycles. The Hall–Kier alpha value is -1.62. The lowest BCUT2D eigenvalue weighted by Crippen LogP contribution is -1.84. The molecule has 2 aromatic rings. The average molecular weight is 213 g/mol. The Morgan fingerprint density at radius 1 is 1.50 bits per heavy atom. The molecule has 0 bridgehead atoms. The number of aldehydes is 1. The van der Waals surface area contributed by atoms with Crippen LogP contribution in [-0.2, 0) is 11.2 Å². The molecule has 0 amide bonds. The fourth-order valence-electron chi connectivity index (χ4n) is 0.944. The Morgan fingerprint density at radius 2 is 2.36 bits per heavy atom. The first-order valence-electron chi connectivity index (χ1n) is 3.81. The van der Waals surface area contributed by atoms with E-state index < -0.39 is 0 Å². The molecule has 6 heteroatoms. The van der Waals surface area contributed by atoms with E-state index in [1.54, 1.807) is 12.1 Å². The zero-order chi connectivity index (χ0) is 9.97. The molecule has 2 aromatic heterocycles. The van der Waals surface area contributed by atoms with Crippen molar-refractivity contribution in [3.63, 3.8) is 0 Å². The van der Waals surface area contributed by atoms with Crippen LogP contribution in [0.3, 0.4) is 0 Å². The normalized spacial score (nSPS) is 10.4. The van der Waals surface area contributed by atoms with Crippen molar-refractivity contribution in [2.75, 3.05) is 0 Å². The minimum absolute atomic E-state index is 0.0987. The van der Waals surface area contributed by atoms with Gasteiger partial charge in [-0.2, -0.15) is 4.98 Å². The number of carbonyl (C=O) groups excluding carboxylic acids is 1. The van der Waals surface area contributed by atoms with E-state index in [0.717, 1.165) is 0 Å². The first-order valence-corrected chi connectivity index (χ1v) is 4.19. The quantitative estimate of drug-likeness (QED) is 0.725. The molecule has 0 aliphatic rings. The molecule has 2 rings (SSSR count). The molecule has 0 saturated carbocycles. The van der Waals surface area contributed by atoms with Gasteiger partial charge in [-0.3, -0.25) is 0 Å². The van der Waals surface area contributed by atoms with Crippen LogP contribution in [0.1, 0.15) is 5.89 Å². The summed E-state index contributed by atoms with van der Waals surface area (Å²) < 4.78 is 9.83. The molecule has 14 heavy (non-hydrogen) atoms. The molecule has 0 fully saturated rings. The van der Waals surface area contributed by atoms with Crippen molar-refractivity contribution in [2.24, 2.45) is 0 Å². The summed E-state index contributed by atoms with van der Waals surface area (Å²) in [5, 5.41) is 3.87. The number of nitrogens with zero attached hydrogens (tertiary/aromatic N) is 2. The average Bonchev–Trinajstić information content (AvgIpc) is 2.74. The summed E-state index contributed by atoms with van der Waals surface area (Å²) in [6.45, 7) is 0. The second-order valence-corrected chi connectivity index (χ2v) is 2.86. The highest BCUT2D eigenvalue weighted by atomic mass is 35.5. The first kappa shape index (κ1) is 8.96. The maximum Gasteiger partial charge on any atom is 0.238 e. The third-order valence-electron chi connectivity index (χ3n) is 1.52. The van der Waals surface area contributed by atoms with Gasteiger partial charge in [-0.15, -0.1) is 0 Å². The number of halogens is 1. The van der Waals surface area contributed by atoms with Gasteiger partial charge in [0.1, 0.15) is 6.29 Å². The van der Waals surface area contributed by atoms with E-state index in [1.807, 2.05) is 0 Å². The summed E-state index contributed by atoms with van der Waals surface area (Å²) in [6, 6.07) is 3.20. The molecular formula is C8H5ClN2O3. The Kier molecular flexibility index (Phi) is 2.32. The Labute approximate surface area is 83.7 Å². The third kappa shape index (κ3) is 1.67. The van der Waals surface area contributed by atoms with E-state index in [-0.39, 0.29) is 23.4 Å². The summed E-state index contributed by atoms with van der Waals surface area (Å²) >= 11 is 5.57. The second kappa shape index (κ2) is 3.63. The molecule has 0 spiro atoms. The fraction of sp³-hybridized carbons (Fsp3) is 0.125. The molecule has 0 unspecified atom stereocenters. The highest BCUT2D eigenvalue weighted by molar-refractivity contribution is 6.28. The summed E-state index contributed by atoms with van der Waals surface area (Å²) in [6.07, 6.45) is 0.786. The SMILES string of the molecule is O=CCc1nc(-c2ccc(Cl)o2)no1. The van der Waals surface area contributed by atoms with Crippen molar-refractivity contribution in [2.45, 2.75) is 6.42 Å². The van der Waals surface area contributed by atoms with Crippen molar-refractivity contribution < 1.29 is 13.7 Å². The lowest BCUT2D eigenvalue weighted by atomic mass is 10.4. The minimum Gasteiger partial charge on any atom is -0.441 e. The maximum absolute atomic E-state index is 10.2. The van der Waals surface area contributed by atoms with Gasteiger partial charge in [0.2, 0.25) is 11.7 Å². The predicted octanol–water partition coefficient (Wildman–Crippen LogP) is 1.72. The highest BCUT2D eigenvalue weighted by Crippen LogP contribution is 2.21. The molecule has 2 heterocycles. The van der Waals surface area contributed by atoms with Gasteiger partial charge in [0, 0.05) is 0 Å². The van der Waals surface area contributed by atoms with Gasteiger partial charge in [0.15, 0.2) is 11.0 Å². The molecular weight excluding hydrogens is 208 g/mol. The van der Waals surface area contributed by atoms with Crippen molar-refractivity contribution in [3.05, 3.63) is 23.2 Å². The lowest BCUT2D eigenvalue weighted by Gasteiger charge is -1.82. The minimum atomic E-state index is 0.0987. The largest absolute Gasteiger partial charge is 0.441 e. The summed E-state index contributed by atoms with van der Waals surface area (Å²) in [5.41, 5.74) is 0. The number of rotatable bonds is 3. The van der Waals surface area contributed by atoms with Crippen LogP contribution in [0.4, 0.5) is 0 Å². The van der Waals surface area contributed by atoms with Gasteiger partial charge < -0.3 is 13.7 Å². The number of carbonyl (C=O) groups is 1. The molecule has 72 valence electrons. The van der Waals surface area contributed by atoms with Crippen molar-refractivity contribution in [3.8, 4) is 11.6 Å². The van der Waals surface area contributed by atoms with Crippen LogP contribution in [0.5, 0.6) is 0 Å². The van der Waals surface area contributed by atoms with E-state index in [9.17, 15) is 4.79 Å². The van der Waals surface area contributed by atoms with Gasteiger partial charge in [-0.1, -0.05) is 5.16 Å². The van der Waals surface area contributed by atoms with Crippen LogP contribution in [0.25, 0.3) is 11.6 Å². The summed E-state index contributed by atoms with van der Waals surface area (Å²) in [7, 11) is 0. The second-order valence-electron chi connectivity index (χ2n) is 2.49. The van der Waals surface area contributed by atoms with Crippen molar-refractivity contribution in [1.82, 2.24) is 10.1 Å². The smallest absolute Gasteiger partial charge is 0.238 e. The predicted molar refractivity (Wildman–Crippen MR) is 46.8 cm³/mol. The molecule has 5 nitrogen and oxygen atoms in total. The number of furan rings is 1. The van der Waals surface area contributed by atoms with E-state index in [4.69, 9.17) is 20.5 Å². The van der Waals surface area contributed by atoms with Crippen LogP contribution in [-0.4, -0.2) is 16.4 Å². The van der Waals surface area contributed by atoms with Gasteiger partial charge in [-0.25, -0.2) is 0 Å². The van der Waals surface area contributed by atoms with Crippen molar-refractivity contribution >= 4 is 17.9 Å². The maximum atomic E-state index is 10.2. The molecule has 0 radical (unpaired) electrons. The number of aromatic nitrogens is 2. The van der Waals surface area contributed by atoms with Crippen LogP contribution >= 0.6 is 11.6 Å². The molecule has 0 aliphatic carbocycles. The first-order chi connectivity index (χ1) is 6.79. The Morgan fingerprint density at radius 3 is 3.00 bits per heavy atom. The molecule has 0 aromatic carbocycles. The zero-order valence-electron chi connectivity index (χ0n) is 6.94. The lowest BCUT2D eigenvalue weighted by molar-refractivity contribution is -0.107. The zero-order valence-corrected chi connectivity index (χ0v) is 7.69. The molecule has 0 atom stereocenters. The van der Waals surface area contributed by atoms with Crippen LogP contribution in [0.2, 0.25) is 5.22 Å². The monoisotopic (exact) mass is 212 g/mol. The van der Waals surface area contributed by atoms with Gasteiger partial charge in [0.05, 0.1) is 6.42 Å². The summed E-state index contributed by atoms with van der Waals surface area (Å²) in [4.78, 5) is 14.1. The standard InChI is InChI=1S/C8H5ClN2O3/c9-6-2-1-5(13-6)8-10-7(3-4-12)14-11-8/h1-2,4H,3H2. The van der Waals surface area contributed by atoms with E-state index in [0.29, 0.717) is 12.0 Å². The van der Waals surface area contributed by atoms with Crippen LogP contribution in [0.15, 0.2) is 21.1 Å². The third-order valence-corrected chi connectivity index (χ3v) is 1.72. The summed E-state index contributed by atoms with van der Waals surface area (Å²) in [5.74, 6) is 0.951. The van der Waals surface area contributed by atoms with Crippen LogP contribution < -0.4 is 0 Å². The number of hydrogen-bond donors (Lipinski definition) is 0. The Balaban J connectivity index is 2.28.